The summed E-state index contributed by atoms with van der Waals surface area (Å²) in [4.78, 5) is 14.4. The van der Waals surface area contributed by atoms with Crippen molar-refractivity contribution >= 4 is 6.09 Å². The molecular weight excluding hydrogens is 476 g/mol. The number of hydrogen-bond acceptors (Lipinski definition) is 3. The Morgan fingerprint density at radius 2 is 1.51 bits per heavy atom. The number of piperidine rings is 1. The van der Waals surface area contributed by atoms with Crippen LogP contribution in [-0.2, 0) is 28.4 Å². The summed E-state index contributed by atoms with van der Waals surface area (Å²) in [6.07, 6.45) is -10.1. The third kappa shape index (κ3) is 7.13. The van der Waals surface area contributed by atoms with Crippen LogP contribution >= 0.6 is 0 Å². The Balaban J connectivity index is 1.90. The molecule has 4 nitrogen and oxygen atoms in total. The van der Waals surface area contributed by atoms with E-state index in [0.29, 0.717) is 31.5 Å². The molecule has 3 rings (SSSR count). The second-order valence-electron chi connectivity index (χ2n) is 9.44. The van der Waals surface area contributed by atoms with Crippen molar-refractivity contribution in [2.45, 2.75) is 70.3 Å². The average molecular weight is 503 g/mol. The first-order chi connectivity index (χ1) is 16.1. The van der Waals surface area contributed by atoms with Crippen molar-refractivity contribution in [1.29, 1.82) is 0 Å². The van der Waals surface area contributed by atoms with Gasteiger partial charge in [0.2, 0.25) is 0 Å². The van der Waals surface area contributed by atoms with Crippen molar-refractivity contribution in [3.8, 4) is 0 Å². The van der Waals surface area contributed by atoms with Crippen LogP contribution in [0.25, 0.3) is 0 Å². The Kier molecular flexibility index (Phi) is 7.74. The molecule has 0 unspecified atom stereocenters. The zero-order chi connectivity index (χ0) is 26.0. The molecule has 0 aromatic heterocycles. The van der Waals surface area contributed by atoms with Gasteiger partial charge in [-0.1, -0.05) is 30.3 Å². The maximum atomic E-state index is 13.2. The zero-order valence-corrected chi connectivity index (χ0v) is 19.5. The molecule has 1 amide bonds. The van der Waals surface area contributed by atoms with Gasteiger partial charge in [-0.15, -0.1) is 0 Å². The first-order valence-electron chi connectivity index (χ1n) is 11.1. The molecule has 192 valence electrons. The van der Waals surface area contributed by atoms with Crippen LogP contribution in [0.15, 0.2) is 48.5 Å². The summed E-state index contributed by atoms with van der Waals surface area (Å²) >= 11 is 0. The molecule has 1 fully saturated rings. The van der Waals surface area contributed by atoms with E-state index in [9.17, 15) is 31.1 Å². The number of carbonyl (C=O) groups is 1. The molecule has 0 radical (unpaired) electrons. The zero-order valence-electron chi connectivity index (χ0n) is 19.5. The topological polar surface area (TPSA) is 38.8 Å². The van der Waals surface area contributed by atoms with Crippen LogP contribution in [0, 0.1) is 0 Å². The van der Waals surface area contributed by atoms with Gasteiger partial charge >= 0.3 is 18.4 Å². The average Bonchev–Trinajstić information content (AvgIpc) is 2.75. The van der Waals surface area contributed by atoms with Gasteiger partial charge in [0.15, 0.2) is 0 Å². The Bertz CT molecular complexity index is 982. The van der Waals surface area contributed by atoms with E-state index in [1.54, 1.807) is 51.1 Å². The normalized spacial score (nSPS) is 19.5. The van der Waals surface area contributed by atoms with Crippen LogP contribution in [0.5, 0.6) is 0 Å². The highest BCUT2D eigenvalue weighted by molar-refractivity contribution is 5.69. The van der Waals surface area contributed by atoms with Crippen LogP contribution in [0.3, 0.4) is 0 Å². The molecule has 2 aromatic carbocycles. The SMILES string of the molecule is CC(C)(C)OC(=O)N1CCC[C@@H](OCc2cc(C(F)(F)F)cc(C(F)(F)F)c2)[C@H]1c1ccccc1. The molecule has 35 heavy (non-hydrogen) atoms. The molecule has 1 aliphatic heterocycles. The lowest BCUT2D eigenvalue weighted by atomic mass is 9.92. The highest BCUT2D eigenvalue weighted by Gasteiger charge is 2.39. The lowest BCUT2D eigenvalue weighted by Crippen LogP contribution is -2.47. The highest BCUT2D eigenvalue weighted by Crippen LogP contribution is 2.38. The number of benzene rings is 2. The van der Waals surface area contributed by atoms with E-state index < -0.39 is 53.9 Å². The molecule has 0 N–H and O–H groups in total. The van der Waals surface area contributed by atoms with Crippen LogP contribution in [-0.4, -0.2) is 29.2 Å². The first-order valence-corrected chi connectivity index (χ1v) is 11.1. The summed E-state index contributed by atoms with van der Waals surface area (Å²) in [6.45, 7) is 5.07. The predicted molar refractivity (Wildman–Crippen MR) is 116 cm³/mol. The highest BCUT2D eigenvalue weighted by atomic mass is 19.4. The van der Waals surface area contributed by atoms with E-state index in [-0.39, 0.29) is 11.6 Å². The van der Waals surface area contributed by atoms with Crippen LogP contribution < -0.4 is 0 Å². The summed E-state index contributed by atoms with van der Waals surface area (Å²) in [5, 5.41) is 0. The summed E-state index contributed by atoms with van der Waals surface area (Å²) < 4.78 is 90.8. The first kappa shape index (κ1) is 26.8. The standard InChI is InChI=1S/C25H27F6NO3/c1-23(2,3)35-22(33)32-11-7-10-20(21(32)17-8-5-4-6-9-17)34-15-16-12-18(24(26,27)28)14-19(13-16)25(29,30)31/h4-6,8-9,12-14,20-21H,7,10-11,15H2,1-3H3/t20-,21-/m1/s1. The quantitative estimate of drug-likeness (QED) is 0.409. The van der Waals surface area contributed by atoms with Gasteiger partial charge in [-0.3, -0.25) is 4.90 Å². The number of halogens is 6. The summed E-state index contributed by atoms with van der Waals surface area (Å²) in [7, 11) is 0. The maximum Gasteiger partial charge on any atom is 0.416 e. The number of ether oxygens (including phenoxy) is 2. The molecule has 0 bridgehead atoms. The molecule has 2 atom stereocenters. The minimum Gasteiger partial charge on any atom is -0.444 e. The van der Waals surface area contributed by atoms with E-state index in [0.717, 1.165) is 5.56 Å². The number of rotatable bonds is 4. The Morgan fingerprint density at radius 3 is 2.03 bits per heavy atom. The van der Waals surface area contributed by atoms with Crippen molar-refractivity contribution in [2.75, 3.05) is 6.54 Å². The van der Waals surface area contributed by atoms with Crippen molar-refractivity contribution in [2.24, 2.45) is 0 Å². The number of likely N-dealkylation sites (tertiary alicyclic amines) is 1. The molecule has 0 aliphatic carbocycles. The van der Waals surface area contributed by atoms with E-state index in [2.05, 4.69) is 0 Å². The lowest BCUT2D eigenvalue weighted by Gasteiger charge is -2.41. The lowest BCUT2D eigenvalue weighted by molar-refractivity contribution is -0.143. The second-order valence-corrected chi connectivity index (χ2v) is 9.44. The van der Waals surface area contributed by atoms with Crippen molar-refractivity contribution in [1.82, 2.24) is 4.90 Å². The Hall–Kier alpha value is -2.75. The van der Waals surface area contributed by atoms with Crippen molar-refractivity contribution < 1.29 is 40.6 Å². The smallest absolute Gasteiger partial charge is 0.416 e. The number of amides is 1. The summed E-state index contributed by atoms with van der Waals surface area (Å²) in [5.74, 6) is 0. The van der Waals surface area contributed by atoms with Gasteiger partial charge in [0.1, 0.15) is 5.60 Å². The van der Waals surface area contributed by atoms with Gasteiger partial charge in [-0.05, 0) is 62.9 Å². The van der Waals surface area contributed by atoms with Gasteiger partial charge in [0.25, 0.3) is 0 Å². The third-order valence-corrected chi connectivity index (χ3v) is 5.46. The number of hydrogen-bond donors (Lipinski definition) is 0. The van der Waals surface area contributed by atoms with Gasteiger partial charge < -0.3 is 9.47 Å². The molecule has 1 saturated heterocycles. The molecule has 0 saturated carbocycles. The van der Waals surface area contributed by atoms with Gasteiger partial charge in [-0.25, -0.2) is 4.79 Å². The monoisotopic (exact) mass is 503 g/mol. The van der Waals surface area contributed by atoms with E-state index in [1.165, 1.54) is 4.90 Å². The predicted octanol–water partition coefficient (Wildman–Crippen LogP) is 7.38. The fraction of sp³-hybridized carbons (Fsp3) is 0.480. The largest absolute Gasteiger partial charge is 0.444 e. The minimum atomic E-state index is -4.94. The molecular formula is C25H27F6NO3. The van der Waals surface area contributed by atoms with Gasteiger partial charge in [0.05, 0.1) is 29.9 Å². The number of carbonyl (C=O) groups excluding carboxylic acids is 1. The number of alkyl halides is 6. The van der Waals surface area contributed by atoms with E-state index >= 15 is 0 Å². The number of nitrogens with zero attached hydrogens (tertiary/aromatic N) is 1. The van der Waals surface area contributed by atoms with Crippen molar-refractivity contribution in [3.63, 3.8) is 0 Å². The molecule has 1 aliphatic rings. The Labute approximate surface area is 199 Å². The van der Waals surface area contributed by atoms with Gasteiger partial charge in [-0.2, -0.15) is 26.3 Å². The molecule has 1 heterocycles. The summed E-state index contributed by atoms with van der Waals surface area (Å²) in [6, 6.07) is 9.69. The maximum absolute atomic E-state index is 13.2. The van der Waals surface area contributed by atoms with Gasteiger partial charge in [0, 0.05) is 6.54 Å². The summed E-state index contributed by atoms with van der Waals surface area (Å²) in [5.41, 5.74) is -3.08. The fourth-order valence-corrected chi connectivity index (χ4v) is 4.01. The van der Waals surface area contributed by atoms with E-state index in [4.69, 9.17) is 9.47 Å². The van der Waals surface area contributed by atoms with Crippen LogP contribution in [0.1, 0.15) is 61.9 Å². The molecule has 2 aromatic rings. The van der Waals surface area contributed by atoms with Crippen molar-refractivity contribution in [3.05, 3.63) is 70.8 Å². The molecule has 10 heteroatoms. The van der Waals surface area contributed by atoms with Crippen LogP contribution in [0.4, 0.5) is 31.1 Å². The fourth-order valence-electron chi connectivity index (χ4n) is 4.01. The van der Waals surface area contributed by atoms with E-state index in [1.807, 2.05) is 0 Å². The van der Waals surface area contributed by atoms with Crippen LogP contribution in [0.2, 0.25) is 0 Å². The third-order valence-electron chi connectivity index (χ3n) is 5.46. The Morgan fingerprint density at radius 1 is 0.943 bits per heavy atom. The minimum absolute atomic E-state index is 0.0844. The second kappa shape index (κ2) is 10.1. The molecule has 0 spiro atoms.